The standard InChI is InChI=1S/C17H28N2O2/c1-5-13(12-15(6-2)18-3)16(19-4)21-17(20)14-10-8-7-9-11-14/h7-11,13,15-16,18-19H,5-6,12H2,1-4H3. The van der Waals surface area contributed by atoms with E-state index < -0.39 is 0 Å². The zero-order valence-electron chi connectivity index (χ0n) is 13.6. The lowest BCUT2D eigenvalue weighted by Crippen LogP contribution is -2.41. The van der Waals surface area contributed by atoms with Gasteiger partial charge in [-0.15, -0.1) is 0 Å². The van der Waals surface area contributed by atoms with Gasteiger partial charge in [0.15, 0.2) is 6.23 Å². The quantitative estimate of drug-likeness (QED) is 0.543. The minimum Gasteiger partial charge on any atom is -0.443 e. The highest BCUT2D eigenvalue weighted by Gasteiger charge is 2.25. The lowest BCUT2D eigenvalue weighted by molar-refractivity contribution is 0.000514. The van der Waals surface area contributed by atoms with Crippen molar-refractivity contribution in [1.82, 2.24) is 10.6 Å². The van der Waals surface area contributed by atoms with Crippen LogP contribution in [0.2, 0.25) is 0 Å². The first-order chi connectivity index (χ1) is 10.2. The van der Waals surface area contributed by atoms with Crippen LogP contribution >= 0.6 is 0 Å². The Balaban J connectivity index is 2.69. The SMILES string of the molecule is CCC(CC(CC)C(NC)OC(=O)c1ccccc1)NC. The van der Waals surface area contributed by atoms with Gasteiger partial charge in [0, 0.05) is 12.0 Å². The third-order valence-electron chi connectivity index (χ3n) is 3.97. The van der Waals surface area contributed by atoms with Crippen molar-refractivity contribution in [2.24, 2.45) is 5.92 Å². The normalized spacial score (nSPS) is 15.2. The van der Waals surface area contributed by atoms with E-state index in [1.807, 2.05) is 32.3 Å². The van der Waals surface area contributed by atoms with Gasteiger partial charge in [-0.05, 0) is 45.5 Å². The molecule has 3 atom stereocenters. The fourth-order valence-electron chi connectivity index (χ4n) is 2.51. The molecule has 0 spiro atoms. The molecule has 0 amide bonds. The number of ether oxygens (including phenoxy) is 1. The Morgan fingerprint density at radius 2 is 1.76 bits per heavy atom. The van der Waals surface area contributed by atoms with Crippen LogP contribution in [0, 0.1) is 5.92 Å². The van der Waals surface area contributed by atoms with Crippen LogP contribution in [0.1, 0.15) is 43.5 Å². The van der Waals surface area contributed by atoms with Crippen molar-refractivity contribution in [1.29, 1.82) is 0 Å². The monoisotopic (exact) mass is 292 g/mol. The lowest BCUT2D eigenvalue weighted by Gasteiger charge is -2.28. The fraction of sp³-hybridized carbons (Fsp3) is 0.588. The number of benzene rings is 1. The first-order valence-corrected chi connectivity index (χ1v) is 7.76. The number of esters is 1. The van der Waals surface area contributed by atoms with Crippen molar-refractivity contribution in [3.8, 4) is 0 Å². The Hall–Kier alpha value is -1.39. The summed E-state index contributed by atoms with van der Waals surface area (Å²) < 4.78 is 5.65. The molecule has 0 saturated carbocycles. The van der Waals surface area contributed by atoms with Crippen molar-refractivity contribution in [2.45, 2.75) is 45.4 Å². The second-order valence-corrected chi connectivity index (χ2v) is 5.28. The first kappa shape index (κ1) is 17.7. The van der Waals surface area contributed by atoms with Crippen molar-refractivity contribution >= 4 is 5.97 Å². The molecule has 0 fully saturated rings. The summed E-state index contributed by atoms with van der Waals surface area (Å²) in [6.45, 7) is 4.30. The molecule has 0 radical (unpaired) electrons. The molecule has 0 aliphatic carbocycles. The van der Waals surface area contributed by atoms with Gasteiger partial charge in [0.05, 0.1) is 5.56 Å². The summed E-state index contributed by atoms with van der Waals surface area (Å²) in [4.78, 5) is 12.2. The third kappa shape index (κ3) is 5.48. The summed E-state index contributed by atoms with van der Waals surface area (Å²) in [5.41, 5.74) is 0.591. The van der Waals surface area contributed by atoms with Crippen LogP contribution in [-0.4, -0.2) is 32.3 Å². The molecule has 4 heteroatoms. The van der Waals surface area contributed by atoms with Crippen LogP contribution < -0.4 is 10.6 Å². The molecular formula is C17H28N2O2. The maximum atomic E-state index is 12.2. The zero-order chi connectivity index (χ0) is 15.7. The van der Waals surface area contributed by atoms with Crippen molar-refractivity contribution in [3.05, 3.63) is 35.9 Å². The summed E-state index contributed by atoms with van der Waals surface area (Å²) in [5, 5.41) is 6.45. The molecular weight excluding hydrogens is 264 g/mol. The molecule has 0 aliphatic heterocycles. The van der Waals surface area contributed by atoms with Crippen LogP contribution in [0.15, 0.2) is 30.3 Å². The largest absolute Gasteiger partial charge is 0.443 e. The fourth-order valence-corrected chi connectivity index (χ4v) is 2.51. The number of carbonyl (C=O) groups excluding carboxylic acids is 1. The van der Waals surface area contributed by atoms with Crippen LogP contribution in [0.5, 0.6) is 0 Å². The van der Waals surface area contributed by atoms with Crippen LogP contribution in [0.25, 0.3) is 0 Å². The third-order valence-corrected chi connectivity index (χ3v) is 3.97. The predicted molar refractivity (Wildman–Crippen MR) is 86.2 cm³/mol. The van der Waals surface area contributed by atoms with E-state index in [4.69, 9.17) is 4.74 Å². The van der Waals surface area contributed by atoms with Crippen LogP contribution in [0.3, 0.4) is 0 Å². The second kappa shape index (κ2) is 9.53. The molecule has 0 saturated heterocycles. The highest BCUT2D eigenvalue weighted by atomic mass is 16.6. The smallest absolute Gasteiger partial charge is 0.339 e. The average molecular weight is 292 g/mol. The molecule has 118 valence electrons. The van der Waals surface area contributed by atoms with Gasteiger partial charge in [-0.1, -0.05) is 32.0 Å². The number of carbonyl (C=O) groups is 1. The highest BCUT2D eigenvalue weighted by Crippen LogP contribution is 2.19. The minimum absolute atomic E-state index is 0.259. The van der Waals surface area contributed by atoms with Crippen LogP contribution in [-0.2, 0) is 4.74 Å². The van der Waals surface area contributed by atoms with E-state index in [0.717, 1.165) is 19.3 Å². The van der Waals surface area contributed by atoms with E-state index in [1.54, 1.807) is 12.1 Å². The van der Waals surface area contributed by atoms with Gasteiger partial charge in [-0.3, -0.25) is 5.32 Å². The summed E-state index contributed by atoms with van der Waals surface area (Å²) >= 11 is 0. The molecule has 0 aliphatic rings. The summed E-state index contributed by atoms with van der Waals surface area (Å²) in [5.74, 6) is 0.0194. The molecule has 3 unspecified atom stereocenters. The Morgan fingerprint density at radius 3 is 2.24 bits per heavy atom. The van der Waals surface area contributed by atoms with Crippen molar-refractivity contribution in [2.75, 3.05) is 14.1 Å². The second-order valence-electron chi connectivity index (χ2n) is 5.28. The molecule has 1 aromatic rings. The molecule has 0 heterocycles. The van der Waals surface area contributed by atoms with Gasteiger partial charge in [-0.25, -0.2) is 4.79 Å². The first-order valence-electron chi connectivity index (χ1n) is 7.76. The minimum atomic E-state index is -0.272. The summed E-state index contributed by atoms with van der Waals surface area (Å²) in [6, 6.07) is 9.57. The Labute approximate surface area is 128 Å². The topological polar surface area (TPSA) is 50.4 Å². The van der Waals surface area contributed by atoms with E-state index in [0.29, 0.717) is 17.5 Å². The van der Waals surface area contributed by atoms with Gasteiger partial charge in [0.2, 0.25) is 0 Å². The predicted octanol–water partition coefficient (Wildman–Crippen LogP) is 2.80. The van der Waals surface area contributed by atoms with E-state index in [2.05, 4.69) is 24.5 Å². The number of nitrogens with one attached hydrogen (secondary N) is 2. The lowest BCUT2D eigenvalue weighted by atomic mass is 9.94. The number of rotatable bonds is 9. The molecule has 21 heavy (non-hydrogen) atoms. The summed E-state index contributed by atoms with van der Waals surface area (Å²) in [6.07, 6.45) is 2.75. The van der Waals surface area contributed by atoms with Gasteiger partial charge in [-0.2, -0.15) is 0 Å². The molecule has 1 rings (SSSR count). The van der Waals surface area contributed by atoms with Crippen LogP contribution in [0.4, 0.5) is 0 Å². The molecule has 0 aromatic heterocycles. The molecule has 1 aromatic carbocycles. The number of hydrogen-bond acceptors (Lipinski definition) is 4. The molecule has 4 nitrogen and oxygen atoms in total. The van der Waals surface area contributed by atoms with Gasteiger partial charge >= 0.3 is 5.97 Å². The maximum absolute atomic E-state index is 12.2. The van der Waals surface area contributed by atoms with Crippen molar-refractivity contribution < 1.29 is 9.53 Å². The average Bonchev–Trinajstić information content (AvgIpc) is 2.55. The van der Waals surface area contributed by atoms with E-state index in [1.165, 1.54) is 0 Å². The van der Waals surface area contributed by atoms with E-state index in [-0.39, 0.29) is 12.2 Å². The van der Waals surface area contributed by atoms with E-state index in [9.17, 15) is 4.79 Å². The Kier molecular flexibility index (Phi) is 8.01. The van der Waals surface area contributed by atoms with Gasteiger partial charge < -0.3 is 10.1 Å². The summed E-state index contributed by atoms with van der Waals surface area (Å²) in [7, 11) is 3.82. The van der Waals surface area contributed by atoms with Gasteiger partial charge in [0.25, 0.3) is 0 Å². The molecule has 0 bridgehead atoms. The van der Waals surface area contributed by atoms with Gasteiger partial charge in [0.1, 0.15) is 0 Å². The Morgan fingerprint density at radius 1 is 1.10 bits per heavy atom. The highest BCUT2D eigenvalue weighted by molar-refractivity contribution is 5.89. The maximum Gasteiger partial charge on any atom is 0.339 e. The van der Waals surface area contributed by atoms with Crippen molar-refractivity contribution in [3.63, 3.8) is 0 Å². The molecule has 2 N–H and O–H groups in total. The Bertz CT molecular complexity index is 405. The zero-order valence-corrected chi connectivity index (χ0v) is 13.6. The van der Waals surface area contributed by atoms with E-state index >= 15 is 0 Å². The number of hydrogen-bond donors (Lipinski definition) is 2.